The van der Waals surface area contributed by atoms with Gasteiger partial charge in [-0.25, -0.2) is 4.79 Å². The molecule has 2 rings (SSSR count). The lowest BCUT2D eigenvalue weighted by atomic mass is 10.2. The van der Waals surface area contributed by atoms with Gasteiger partial charge in [0.05, 0.1) is 22.1 Å². The van der Waals surface area contributed by atoms with Gasteiger partial charge < -0.3 is 9.47 Å². The number of nitro groups is 1. The molecule has 0 unspecified atom stereocenters. The minimum absolute atomic E-state index is 0.0162. The molecule has 0 bridgehead atoms. The van der Waals surface area contributed by atoms with Gasteiger partial charge in [0, 0.05) is 17.7 Å². The van der Waals surface area contributed by atoms with Crippen LogP contribution in [0, 0.1) is 10.1 Å². The Morgan fingerprint density at radius 1 is 1.26 bits per heavy atom. The second-order valence-electron chi connectivity index (χ2n) is 4.54. The van der Waals surface area contributed by atoms with Gasteiger partial charge in [-0.05, 0) is 19.1 Å². The highest BCUT2D eigenvalue weighted by atomic mass is 35.5. The molecular formula is C16H14ClNO5. The quantitative estimate of drug-likeness (QED) is 0.453. The highest BCUT2D eigenvalue weighted by Crippen LogP contribution is 2.24. The summed E-state index contributed by atoms with van der Waals surface area (Å²) in [7, 11) is 0. The zero-order chi connectivity index (χ0) is 16.8. The standard InChI is InChI=1S/C16H14ClNO5/c1-2-22-15-6-4-3-5-11(15)10-23-16(19)13-8-7-12(18(20)21)9-14(13)17/h3-9H,2,10H2,1H3. The first-order chi connectivity index (χ1) is 11.0. The largest absolute Gasteiger partial charge is 0.493 e. The zero-order valence-electron chi connectivity index (χ0n) is 12.3. The highest BCUT2D eigenvalue weighted by molar-refractivity contribution is 6.33. The number of benzene rings is 2. The second-order valence-corrected chi connectivity index (χ2v) is 4.95. The van der Waals surface area contributed by atoms with Crippen LogP contribution >= 0.6 is 11.6 Å². The molecule has 0 spiro atoms. The minimum atomic E-state index is -0.656. The van der Waals surface area contributed by atoms with E-state index in [0.717, 1.165) is 11.6 Å². The number of ether oxygens (including phenoxy) is 2. The molecule has 0 fully saturated rings. The normalized spacial score (nSPS) is 10.2. The Hall–Kier alpha value is -2.60. The molecule has 0 saturated heterocycles. The van der Waals surface area contributed by atoms with Crippen LogP contribution in [0.4, 0.5) is 5.69 Å². The maximum Gasteiger partial charge on any atom is 0.339 e. The summed E-state index contributed by atoms with van der Waals surface area (Å²) in [6, 6.07) is 10.8. The number of esters is 1. The third-order valence-corrected chi connectivity index (χ3v) is 3.33. The fourth-order valence-corrected chi connectivity index (χ4v) is 2.18. The molecule has 0 aliphatic carbocycles. The molecule has 0 saturated carbocycles. The minimum Gasteiger partial charge on any atom is -0.493 e. The number of hydrogen-bond donors (Lipinski definition) is 0. The summed E-state index contributed by atoms with van der Waals surface area (Å²) < 4.78 is 10.7. The number of nitrogens with zero attached hydrogens (tertiary/aromatic N) is 1. The highest BCUT2D eigenvalue weighted by Gasteiger charge is 2.16. The summed E-state index contributed by atoms with van der Waals surface area (Å²) >= 11 is 5.90. The first-order valence-corrected chi connectivity index (χ1v) is 7.22. The topological polar surface area (TPSA) is 78.7 Å². The van der Waals surface area contributed by atoms with E-state index in [2.05, 4.69) is 0 Å². The Morgan fingerprint density at radius 3 is 2.65 bits per heavy atom. The summed E-state index contributed by atoms with van der Waals surface area (Å²) in [5.41, 5.74) is 0.611. The molecule has 0 N–H and O–H groups in total. The zero-order valence-corrected chi connectivity index (χ0v) is 13.1. The molecule has 0 amide bonds. The van der Waals surface area contributed by atoms with Crippen molar-refractivity contribution in [2.45, 2.75) is 13.5 Å². The molecule has 0 radical (unpaired) electrons. The van der Waals surface area contributed by atoms with Crippen LogP contribution in [-0.4, -0.2) is 17.5 Å². The van der Waals surface area contributed by atoms with Gasteiger partial charge in [-0.3, -0.25) is 10.1 Å². The van der Waals surface area contributed by atoms with E-state index in [1.165, 1.54) is 12.1 Å². The van der Waals surface area contributed by atoms with Gasteiger partial charge in [-0.1, -0.05) is 29.8 Å². The molecule has 0 aliphatic heterocycles. The third kappa shape index (κ3) is 4.20. The van der Waals surface area contributed by atoms with E-state index < -0.39 is 10.9 Å². The van der Waals surface area contributed by atoms with Gasteiger partial charge >= 0.3 is 5.97 Å². The lowest BCUT2D eigenvalue weighted by Gasteiger charge is -2.11. The predicted octanol–water partition coefficient (Wildman–Crippen LogP) is 4.00. The van der Waals surface area contributed by atoms with E-state index >= 15 is 0 Å². The number of nitro benzene ring substituents is 1. The van der Waals surface area contributed by atoms with Gasteiger partial charge in [0.25, 0.3) is 5.69 Å². The molecule has 7 heteroatoms. The van der Waals surface area contributed by atoms with Crippen molar-refractivity contribution in [1.82, 2.24) is 0 Å². The van der Waals surface area contributed by atoms with Crippen molar-refractivity contribution in [3.05, 3.63) is 68.7 Å². The molecular weight excluding hydrogens is 322 g/mol. The van der Waals surface area contributed by atoms with Crippen LogP contribution in [0.5, 0.6) is 5.75 Å². The number of halogens is 1. The molecule has 0 aromatic heterocycles. The fourth-order valence-electron chi connectivity index (χ4n) is 1.92. The van der Waals surface area contributed by atoms with Crippen molar-refractivity contribution in [2.24, 2.45) is 0 Å². The summed E-state index contributed by atoms with van der Waals surface area (Å²) in [6.07, 6.45) is 0. The number of carbonyl (C=O) groups is 1. The third-order valence-electron chi connectivity index (χ3n) is 3.01. The number of rotatable bonds is 6. The van der Waals surface area contributed by atoms with Crippen LogP contribution in [0.15, 0.2) is 42.5 Å². The van der Waals surface area contributed by atoms with Crippen molar-refractivity contribution < 1.29 is 19.2 Å². The first kappa shape index (κ1) is 16.8. The van der Waals surface area contributed by atoms with Gasteiger partial charge in [0.15, 0.2) is 0 Å². The lowest BCUT2D eigenvalue weighted by molar-refractivity contribution is -0.384. The Labute approximate surface area is 137 Å². The van der Waals surface area contributed by atoms with Crippen LogP contribution in [-0.2, 0) is 11.3 Å². The van der Waals surface area contributed by atoms with E-state index in [0.29, 0.717) is 12.4 Å². The lowest BCUT2D eigenvalue weighted by Crippen LogP contribution is -2.07. The first-order valence-electron chi connectivity index (χ1n) is 6.84. The van der Waals surface area contributed by atoms with Gasteiger partial charge in [-0.2, -0.15) is 0 Å². The van der Waals surface area contributed by atoms with Crippen molar-refractivity contribution >= 4 is 23.3 Å². The number of carbonyl (C=O) groups excluding carboxylic acids is 1. The molecule has 0 atom stereocenters. The van der Waals surface area contributed by atoms with Crippen molar-refractivity contribution in [2.75, 3.05) is 6.61 Å². The summed E-state index contributed by atoms with van der Waals surface area (Å²) in [5.74, 6) is -0.0196. The SMILES string of the molecule is CCOc1ccccc1COC(=O)c1ccc([N+](=O)[O-])cc1Cl. The Kier molecular flexibility index (Phi) is 5.54. The van der Waals surface area contributed by atoms with Crippen LogP contribution in [0.2, 0.25) is 5.02 Å². The molecule has 120 valence electrons. The molecule has 0 aliphatic rings. The molecule has 23 heavy (non-hydrogen) atoms. The predicted molar refractivity (Wildman–Crippen MR) is 84.8 cm³/mol. The van der Waals surface area contributed by atoms with E-state index in [-0.39, 0.29) is 22.9 Å². The average Bonchev–Trinajstić information content (AvgIpc) is 2.54. The number of hydrogen-bond acceptors (Lipinski definition) is 5. The van der Waals surface area contributed by atoms with E-state index in [4.69, 9.17) is 21.1 Å². The van der Waals surface area contributed by atoms with Gasteiger partial charge in [0.2, 0.25) is 0 Å². The molecule has 6 nitrogen and oxygen atoms in total. The van der Waals surface area contributed by atoms with Crippen LogP contribution in [0.3, 0.4) is 0 Å². The van der Waals surface area contributed by atoms with Crippen molar-refractivity contribution in [1.29, 1.82) is 0 Å². The Balaban J connectivity index is 2.10. The van der Waals surface area contributed by atoms with E-state index in [9.17, 15) is 14.9 Å². The molecule has 0 heterocycles. The van der Waals surface area contributed by atoms with Gasteiger partial charge in [0.1, 0.15) is 12.4 Å². The van der Waals surface area contributed by atoms with Crippen molar-refractivity contribution in [3.8, 4) is 5.75 Å². The van der Waals surface area contributed by atoms with Crippen LogP contribution < -0.4 is 4.74 Å². The summed E-state index contributed by atoms with van der Waals surface area (Å²) in [6.45, 7) is 2.38. The summed E-state index contributed by atoms with van der Waals surface area (Å²) in [4.78, 5) is 22.1. The maximum atomic E-state index is 12.1. The molecule has 2 aromatic rings. The number of non-ortho nitro benzene ring substituents is 1. The van der Waals surface area contributed by atoms with Gasteiger partial charge in [-0.15, -0.1) is 0 Å². The molecule has 2 aromatic carbocycles. The Bertz CT molecular complexity index is 732. The van der Waals surface area contributed by atoms with Crippen LogP contribution in [0.1, 0.15) is 22.8 Å². The Morgan fingerprint density at radius 2 is 2.00 bits per heavy atom. The fraction of sp³-hybridized carbons (Fsp3) is 0.188. The van der Waals surface area contributed by atoms with E-state index in [1.807, 2.05) is 19.1 Å². The number of para-hydroxylation sites is 1. The summed E-state index contributed by atoms with van der Waals surface area (Å²) in [5, 5.41) is 10.6. The maximum absolute atomic E-state index is 12.1. The van der Waals surface area contributed by atoms with Crippen molar-refractivity contribution in [3.63, 3.8) is 0 Å². The second kappa shape index (κ2) is 7.60. The smallest absolute Gasteiger partial charge is 0.339 e. The van der Waals surface area contributed by atoms with Crippen LogP contribution in [0.25, 0.3) is 0 Å². The monoisotopic (exact) mass is 335 g/mol. The van der Waals surface area contributed by atoms with E-state index in [1.54, 1.807) is 12.1 Å². The average molecular weight is 336 g/mol.